The minimum absolute atomic E-state index is 0.00169. The van der Waals surface area contributed by atoms with Gasteiger partial charge in [-0.25, -0.2) is 0 Å². The summed E-state index contributed by atoms with van der Waals surface area (Å²) in [6, 6.07) is 14.6. The van der Waals surface area contributed by atoms with E-state index >= 15 is 0 Å². The summed E-state index contributed by atoms with van der Waals surface area (Å²) in [6.07, 6.45) is 1.51. The van der Waals surface area contributed by atoms with Crippen LogP contribution >= 0.6 is 0 Å². The molecule has 9 nitrogen and oxygen atoms in total. The van der Waals surface area contributed by atoms with Crippen molar-refractivity contribution in [3.05, 3.63) is 87.9 Å². The predicted octanol–water partition coefficient (Wildman–Crippen LogP) is 3.47. The smallest absolute Gasteiger partial charge is 0.311 e. The van der Waals surface area contributed by atoms with Gasteiger partial charge in [0.25, 0.3) is 11.8 Å². The number of aryl methyl sites for hydroxylation is 1. The van der Waals surface area contributed by atoms with Gasteiger partial charge in [0, 0.05) is 13.1 Å². The van der Waals surface area contributed by atoms with Gasteiger partial charge >= 0.3 is 5.69 Å². The number of likely N-dealkylation sites (N-methyl/N-ethyl adjacent to an activating group) is 1. The van der Waals surface area contributed by atoms with Crippen molar-refractivity contribution in [3.8, 4) is 5.75 Å². The maximum Gasteiger partial charge on any atom is 0.311 e. The molecule has 0 aliphatic heterocycles. The fourth-order valence-electron chi connectivity index (χ4n) is 2.90. The molecule has 0 aliphatic carbocycles. The molecule has 3 aromatic rings. The zero-order valence-corrected chi connectivity index (χ0v) is 17.0. The maximum atomic E-state index is 12.7. The van der Waals surface area contributed by atoms with Crippen molar-refractivity contribution in [1.82, 2.24) is 5.32 Å². The van der Waals surface area contributed by atoms with E-state index in [1.54, 1.807) is 49.4 Å². The van der Waals surface area contributed by atoms with E-state index in [-0.39, 0.29) is 23.9 Å². The molecule has 0 unspecified atom stereocenters. The largest absolute Gasteiger partial charge is 0.477 e. The summed E-state index contributed by atoms with van der Waals surface area (Å²) in [7, 11) is 1.51. The third-order valence-electron chi connectivity index (χ3n) is 4.55. The van der Waals surface area contributed by atoms with E-state index in [4.69, 9.17) is 9.15 Å². The Labute approximate surface area is 178 Å². The third-order valence-corrected chi connectivity index (χ3v) is 4.55. The number of furan rings is 1. The fourth-order valence-corrected chi connectivity index (χ4v) is 2.90. The van der Waals surface area contributed by atoms with Gasteiger partial charge in [-0.05, 0) is 42.8 Å². The van der Waals surface area contributed by atoms with Crippen LogP contribution in [0.5, 0.6) is 5.75 Å². The molecule has 2 aromatic carbocycles. The van der Waals surface area contributed by atoms with Crippen LogP contribution in [0.15, 0.2) is 65.3 Å². The topological polar surface area (TPSA) is 115 Å². The van der Waals surface area contributed by atoms with Crippen LogP contribution in [0.25, 0.3) is 0 Å². The SMILES string of the molecule is Cc1ccc(OCC(=O)N(C)c2ccccc2C(=O)NCc2ccco2)c([N+](=O)[O-])c1. The van der Waals surface area contributed by atoms with E-state index < -0.39 is 17.4 Å². The Morgan fingerprint density at radius 2 is 1.94 bits per heavy atom. The lowest BCUT2D eigenvalue weighted by molar-refractivity contribution is -0.385. The molecule has 3 rings (SSSR count). The number of hydrogen-bond acceptors (Lipinski definition) is 6. The number of nitro groups is 1. The van der Waals surface area contributed by atoms with Crippen molar-refractivity contribution in [1.29, 1.82) is 0 Å². The van der Waals surface area contributed by atoms with Gasteiger partial charge in [-0.2, -0.15) is 0 Å². The zero-order valence-electron chi connectivity index (χ0n) is 17.0. The highest BCUT2D eigenvalue weighted by Gasteiger charge is 2.21. The first-order valence-electron chi connectivity index (χ1n) is 9.41. The van der Waals surface area contributed by atoms with Crippen LogP contribution in [-0.2, 0) is 11.3 Å². The second kappa shape index (κ2) is 9.57. The van der Waals surface area contributed by atoms with Crippen molar-refractivity contribution in [3.63, 3.8) is 0 Å². The maximum absolute atomic E-state index is 12.7. The van der Waals surface area contributed by atoms with Gasteiger partial charge in [-0.1, -0.05) is 18.2 Å². The minimum Gasteiger partial charge on any atom is -0.477 e. The molecule has 0 saturated carbocycles. The van der Waals surface area contributed by atoms with Gasteiger partial charge in [0.15, 0.2) is 12.4 Å². The van der Waals surface area contributed by atoms with E-state index in [1.165, 1.54) is 30.3 Å². The molecule has 0 bridgehead atoms. The molecule has 0 spiro atoms. The van der Waals surface area contributed by atoms with Crippen LogP contribution in [0, 0.1) is 17.0 Å². The number of benzene rings is 2. The fraction of sp³-hybridized carbons (Fsp3) is 0.182. The second-order valence-electron chi connectivity index (χ2n) is 6.75. The summed E-state index contributed by atoms with van der Waals surface area (Å²) in [5.74, 6) is -0.243. The Morgan fingerprint density at radius 1 is 1.16 bits per heavy atom. The molecule has 0 atom stereocenters. The van der Waals surface area contributed by atoms with Gasteiger partial charge in [-0.3, -0.25) is 19.7 Å². The second-order valence-corrected chi connectivity index (χ2v) is 6.75. The lowest BCUT2D eigenvalue weighted by Crippen LogP contribution is -2.33. The van der Waals surface area contributed by atoms with Crippen LogP contribution in [0.4, 0.5) is 11.4 Å². The molecule has 0 fully saturated rings. The van der Waals surface area contributed by atoms with Gasteiger partial charge < -0.3 is 19.4 Å². The van der Waals surface area contributed by atoms with Crippen LogP contribution in [-0.4, -0.2) is 30.4 Å². The molecule has 9 heteroatoms. The van der Waals surface area contributed by atoms with Gasteiger partial charge in [0.2, 0.25) is 0 Å². The van der Waals surface area contributed by atoms with E-state index in [0.717, 1.165) is 0 Å². The summed E-state index contributed by atoms with van der Waals surface area (Å²) < 4.78 is 10.6. The third kappa shape index (κ3) is 5.27. The number of hydrogen-bond donors (Lipinski definition) is 1. The summed E-state index contributed by atoms with van der Waals surface area (Å²) >= 11 is 0. The molecular formula is C22H21N3O6. The Balaban J connectivity index is 1.70. The van der Waals surface area contributed by atoms with Crippen molar-refractivity contribution in [2.75, 3.05) is 18.6 Å². The molecular weight excluding hydrogens is 402 g/mol. The molecule has 2 amide bonds. The number of carbonyl (C=O) groups is 2. The van der Waals surface area contributed by atoms with Crippen molar-refractivity contribution in [2.24, 2.45) is 0 Å². The van der Waals surface area contributed by atoms with E-state index in [0.29, 0.717) is 22.6 Å². The normalized spacial score (nSPS) is 10.4. The lowest BCUT2D eigenvalue weighted by Gasteiger charge is -2.20. The van der Waals surface area contributed by atoms with Crippen LogP contribution in [0.2, 0.25) is 0 Å². The number of amides is 2. The van der Waals surface area contributed by atoms with Crippen molar-refractivity contribution >= 4 is 23.2 Å². The van der Waals surface area contributed by atoms with Gasteiger partial charge in [-0.15, -0.1) is 0 Å². The number of nitrogens with zero attached hydrogens (tertiary/aromatic N) is 2. The average molecular weight is 423 g/mol. The van der Waals surface area contributed by atoms with Gasteiger partial charge in [0.1, 0.15) is 5.76 Å². The highest BCUT2D eigenvalue weighted by atomic mass is 16.6. The number of anilines is 1. The number of nitro benzene ring substituents is 1. The lowest BCUT2D eigenvalue weighted by atomic mass is 10.1. The minimum atomic E-state index is -0.560. The number of rotatable bonds is 8. The van der Waals surface area contributed by atoms with Crippen LogP contribution < -0.4 is 15.0 Å². The van der Waals surface area contributed by atoms with Crippen LogP contribution in [0.3, 0.4) is 0 Å². The quantitative estimate of drug-likeness (QED) is 0.438. The summed E-state index contributed by atoms with van der Waals surface area (Å²) in [6.45, 7) is 1.50. The number of carbonyl (C=O) groups excluding carboxylic acids is 2. The molecule has 1 aromatic heterocycles. The van der Waals surface area contributed by atoms with E-state index in [2.05, 4.69) is 5.32 Å². The molecule has 31 heavy (non-hydrogen) atoms. The number of para-hydroxylation sites is 1. The Hall–Kier alpha value is -4.14. The molecule has 0 aliphatic rings. The van der Waals surface area contributed by atoms with Crippen molar-refractivity contribution < 1.29 is 23.7 Å². The first-order valence-corrected chi connectivity index (χ1v) is 9.41. The summed E-state index contributed by atoms with van der Waals surface area (Å²) in [4.78, 5) is 37.2. The molecule has 1 N–H and O–H groups in total. The van der Waals surface area contributed by atoms with E-state index in [9.17, 15) is 19.7 Å². The Morgan fingerprint density at radius 3 is 2.65 bits per heavy atom. The standard InChI is InChI=1S/C22H21N3O6/c1-15-9-10-20(19(12-15)25(28)29)31-14-21(26)24(2)18-8-4-3-7-17(18)22(27)23-13-16-6-5-11-30-16/h3-12H,13-14H2,1-2H3,(H,23,27). The number of nitrogens with one attached hydrogen (secondary N) is 1. The summed E-state index contributed by atoms with van der Waals surface area (Å²) in [5, 5.41) is 14.0. The summed E-state index contributed by atoms with van der Waals surface area (Å²) in [5.41, 5.74) is 1.17. The average Bonchev–Trinajstić information content (AvgIpc) is 3.29. The molecule has 1 heterocycles. The highest BCUT2D eigenvalue weighted by Crippen LogP contribution is 2.28. The zero-order chi connectivity index (χ0) is 22.4. The molecule has 0 saturated heterocycles. The molecule has 0 radical (unpaired) electrons. The van der Waals surface area contributed by atoms with Gasteiger partial charge in [0.05, 0.1) is 29.0 Å². The first-order chi connectivity index (χ1) is 14.9. The highest BCUT2D eigenvalue weighted by molar-refractivity contribution is 6.04. The first kappa shape index (κ1) is 21.6. The monoisotopic (exact) mass is 423 g/mol. The number of ether oxygens (including phenoxy) is 1. The van der Waals surface area contributed by atoms with Crippen molar-refractivity contribution in [2.45, 2.75) is 13.5 Å². The Bertz CT molecular complexity index is 1090. The predicted molar refractivity (Wildman–Crippen MR) is 113 cm³/mol. The van der Waals surface area contributed by atoms with E-state index in [1.807, 2.05) is 0 Å². The Kier molecular flexibility index (Phi) is 6.66. The van der Waals surface area contributed by atoms with Crippen LogP contribution in [0.1, 0.15) is 21.7 Å². The molecule has 160 valence electrons.